The SMILES string of the molecule is COc1cc(C(=O)NC(=O)NC2=CC(NC(=O)c3ccc(-c4ccccc4)cc3)C(Cl)C=C2)cc(OC)c1OC. The normalized spacial score (nSPS) is 15.8. The Labute approximate surface area is 236 Å². The van der Waals surface area contributed by atoms with Gasteiger partial charge in [-0.3, -0.25) is 14.9 Å². The van der Waals surface area contributed by atoms with Crippen LogP contribution >= 0.6 is 11.6 Å². The van der Waals surface area contributed by atoms with Crippen LogP contribution in [0.25, 0.3) is 11.1 Å². The number of nitrogens with one attached hydrogen (secondary N) is 3. The molecule has 0 heterocycles. The summed E-state index contributed by atoms with van der Waals surface area (Å²) in [5, 5.41) is 7.19. The van der Waals surface area contributed by atoms with Crippen molar-refractivity contribution in [2.24, 2.45) is 0 Å². The van der Waals surface area contributed by atoms with Crippen LogP contribution in [0, 0.1) is 0 Å². The van der Waals surface area contributed by atoms with Crippen LogP contribution in [0.15, 0.2) is 90.7 Å². The number of allylic oxidation sites excluding steroid dienone is 1. The van der Waals surface area contributed by atoms with Crippen molar-refractivity contribution in [3.63, 3.8) is 0 Å². The molecule has 3 aromatic rings. The number of alkyl halides is 1. The number of methoxy groups -OCH3 is 3. The fourth-order valence-corrected chi connectivity index (χ4v) is 4.30. The zero-order valence-corrected chi connectivity index (χ0v) is 22.8. The fourth-order valence-electron chi connectivity index (χ4n) is 4.09. The standard InChI is InChI=1S/C30H28ClN3O6/c1-38-25-15-21(16-26(39-2)27(25)40-3)29(36)34-30(37)32-22-13-14-23(31)24(17-22)33-28(35)20-11-9-19(10-12-20)18-7-5-4-6-8-18/h4-17,23-24H,1-3H3,(H,33,35)(H2,32,34,36,37). The number of carbonyl (C=O) groups excluding carboxylic acids is 3. The molecule has 4 rings (SSSR count). The van der Waals surface area contributed by atoms with Gasteiger partial charge in [-0.15, -0.1) is 11.6 Å². The van der Waals surface area contributed by atoms with Crippen LogP contribution in [-0.4, -0.2) is 50.6 Å². The van der Waals surface area contributed by atoms with E-state index in [4.69, 9.17) is 25.8 Å². The summed E-state index contributed by atoms with van der Waals surface area (Å²) in [6.45, 7) is 0. The Hall–Kier alpha value is -4.76. The maximum absolute atomic E-state index is 12.9. The molecule has 0 saturated carbocycles. The van der Waals surface area contributed by atoms with Crippen molar-refractivity contribution < 1.29 is 28.6 Å². The molecule has 0 bridgehead atoms. The average molecular weight is 562 g/mol. The van der Waals surface area contributed by atoms with Crippen molar-refractivity contribution in [2.45, 2.75) is 11.4 Å². The number of halogens is 1. The summed E-state index contributed by atoms with van der Waals surface area (Å²) in [7, 11) is 4.29. The number of urea groups is 1. The van der Waals surface area contributed by atoms with Gasteiger partial charge in [-0.1, -0.05) is 48.5 Å². The summed E-state index contributed by atoms with van der Waals surface area (Å²) >= 11 is 6.41. The van der Waals surface area contributed by atoms with E-state index < -0.39 is 23.4 Å². The van der Waals surface area contributed by atoms with Gasteiger partial charge in [0.25, 0.3) is 11.8 Å². The van der Waals surface area contributed by atoms with E-state index in [9.17, 15) is 14.4 Å². The van der Waals surface area contributed by atoms with Gasteiger partial charge in [0.1, 0.15) is 0 Å². The van der Waals surface area contributed by atoms with E-state index in [1.54, 1.807) is 30.4 Å². The topological polar surface area (TPSA) is 115 Å². The smallest absolute Gasteiger partial charge is 0.326 e. The molecule has 3 aromatic carbocycles. The van der Waals surface area contributed by atoms with E-state index in [1.807, 2.05) is 42.5 Å². The summed E-state index contributed by atoms with van der Waals surface area (Å²) in [4.78, 5) is 38.2. The van der Waals surface area contributed by atoms with E-state index in [0.717, 1.165) is 11.1 Å². The molecule has 2 atom stereocenters. The third kappa shape index (κ3) is 6.62. The molecule has 0 spiro atoms. The summed E-state index contributed by atoms with van der Waals surface area (Å²) in [6.07, 6.45) is 4.84. The molecule has 40 heavy (non-hydrogen) atoms. The van der Waals surface area contributed by atoms with Gasteiger partial charge in [-0.2, -0.15) is 0 Å². The van der Waals surface area contributed by atoms with Crippen molar-refractivity contribution >= 4 is 29.4 Å². The van der Waals surface area contributed by atoms with Gasteiger partial charge in [0.15, 0.2) is 11.5 Å². The quantitative estimate of drug-likeness (QED) is 0.344. The Balaban J connectivity index is 1.39. The van der Waals surface area contributed by atoms with Gasteiger partial charge in [-0.25, -0.2) is 4.79 Å². The first-order valence-electron chi connectivity index (χ1n) is 12.3. The van der Waals surface area contributed by atoms with Crippen molar-refractivity contribution in [2.75, 3.05) is 21.3 Å². The van der Waals surface area contributed by atoms with Gasteiger partial charge in [-0.05, 0) is 47.5 Å². The van der Waals surface area contributed by atoms with Crippen molar-refractivity contribution in [1.29, 1.82) is 0 Å². The molecule has 10 heteroatoms. The first-order valence-corrected chi connectivity index (χ1v) is 12.7. The van der Waals surface area contributed by atoms with Crippen molar-refractivity contribution in [3.05, 3.63) is 102 Å². The zero-order valence-electron chi connectivity index (χ0n) is 22.1. The summed E-state index contributed by atoms with van der Waals surface area (Å²) in [5.74, 6) is -0.141. The minimum atomic E-state index is -0.774. The Bertz CT molecular complexity index is 1430. The molecule has 0 aromatic heterocycles. The maximum atomic E-state index is 12.9. The number of imide groups is 1. The molecular formula is C30H28ClN3O6. The highest BCUT2D eigenvalue weighted by Crippen LogP contribution is 2.38. The van der Waals surface area contributed by atoms with E-state index >= 15 is 0 Å². The van der Waals surface area contributed by atoms with Crippen LogP contribution in [0.1, 0.15) is 20.7 Å². The second-order valence-electron chi connectivity index (χ2n) is 8.69. The van der Waals surface area contributed by atoms with E-state index in [2.05, 4.69) is 16.0 Å². The maximum Gasteiger partial charge on any atom is 0.326 e. The lowest BCUT2D eigenvalue weighted by Gasteiger charge is -2.23. The largest absolute Gasteiger partial charge is 0.493 e. The predicted molar refractivity (Wildman–Crippen MR) is 152 cm³/mol. The second-order valence-corrected chi connectivity index (χ2v) is 9.19. The Morgan fingerprint density at radius 3 is 2.00 bits per heavy atom. The predicted octanol–water partition coefficient (Wildman–Crippen LogP) is 4.68. The lowest BCUT2D eigenvalue weighted by atomic mass is 10.0. The van der Waals surface area contributed by atoms with E-state index in [0.29, 0.717) is 17.0 Å². The van der Waals surface area contributed by atoms with Crippen LogP contribution < -0.4 is 30.2 Å². The Kier molecular flexibility index (Phi) is 9.08. The highest BCUT2D eigenvalue weighted by atomic mass is 35.5. The van der Waals surface area contributed by atoms with Gasteiger partial charge in [0, 0.05) is 16.8 Å². The fraction of sp³-hybridized carbons (Fsp3) is 0.167. The molecule has 0 saturated heterocycles. The summed E-state index contributed by atoms with van der Waals surface area (Å²) in [6, 6.07) is 18.6. The monoisotopic (exact) mass is 561 g/mol. The highest BCUT2D eigenvalue weighted by Gasteiger charge is 2.23. The first kappa shape index (κ1) is 28.3. The van der Waals surface area contributed by atoms with Crippen LogP contribution in [0.3, 0.4) is 0 Å². The number of rotatable bonds is 8. The molecule has 1 aliphatic rings. The van der Waals surface area contributed by atoms with Crippen LogP contribution in [0.5, 0.6) is 17.2 Å². The van der Waals surface area contributed by atoms with Crippen molar-refractivity contribution in [1.82, 2.24) is 16.0 Å². The molecule has 0 aliphatic heterocycles. The second kappa shape index (κ2) is 12.9. The third-order valence-electron chi connectivity index (χ3n) is 6.13. The minimum Gasteiger partial charge on any atom is -0.493 e. The number of ether oxygens (including phenoxy) is 3. The van der Waals surface area contributed by atoms with Crippen LogP contribution in [0.2, 0.25) is 0 Å². The lowest BCUT2D eigenvalue weighted by molar-refractivity contribution is 0.0942. The van der Waals surface area contributed by atoms with Gasteiger partial charge >= 0.3 is 6.03 Å². The molecule has 1 aliphatic carbocycles. The molecule has 0 radical (unpaired) electrons. The van der Waals surface area contributed by atoms with Crippen LogP contribution in [0.4, 0.5) is 4.79 Å². The van der Waals surface area contributed by atoms with Gasteiger partial charge in [0.2, 0.25) is 5.75 Å². The summed E-state index contributed by atoms with van der Waals surface area (Å²) < 4.78 is 15.8. The number of benzene rings is 3. The molecule has 206 valence electrons. The van der Waals surface area contributed by atoms with E-state index in [-0.39, 0.29) is 23.0 Å². The highest BCUT2D eigenvalue weighted by molar-refractivity contribution is 6.22. The molecule has 3 N–H and O–H groups in total. The first-order chi connectivity index (χ1) is 19.3. The molecular weight excluding hydrogens is 534 g/mol. The van der Waals surface area contributed by atoms with E-state index in [1.165, 1.54) is 33.5 Å². The Morgan fingerprint density at radius 1 is 0.775 bits per heavy atom. The Morgan fingerprint density at radius 2 is 1.40 bits per heavy atom. The summed E-state index contributed by atoms with van der Waals surface area (Å²) in [5.41, 5.74) is 2.99. The molecule has 4 amide bonds. The number of hydrogen-bond acceptors (Lipinski definition) is 6. The minimum absolute atomic E-state index is 0.127. The van der Waals surface area contributed by atoms with Crippen LogP contribution in [-0.2, 0) is 0 Å². The zero-order chi connectivity index (χ0) is 28.6. The number of hydrogen-bond donors (Lipinski definition) is 3. The number of carbonyl (C=O) groups is 3. The molecule has 2 unspecified atom stereocenters. The molecule has 9 nitrogen and oxygen atoms in total. The third-order valence-corrected chi connectivity index (χ3v) is 6.54. The lowest BCUT2D eigenvalue weighted by Crippen LogP contribution is -2.43. The van der Waals surface area contributed by atoms with Gasteiger partial charge < -0.3 is 24.8 Å². The van der Waals surface area contributed by atoms with Crippen molar-refractivity contribution in [3.8, 4) is 28.4 Å². The number of amides is 4. The average Bonchev–Trinajstić information content (AvgIpc) is 2.98. The molecule has 0 fully saturated rings. The van der Waals surface area contributed by atoms with Gasteiger partial charge in [0.05, 0.1) is 32.7 Å².